The van der Waals surface area contributed by atoms with Crippen molar-refractivity contribution in [2.45, 2.75) is 17.9 Å². The molecule has 1 saturated heterocycles. The van der Waals surface area contributed by atoms with Crippen LogP contribution in [0.3, 0.4) is 0 Å². The average Bonchev–Trinajstić information content (AvgIpc) is 2.77. The Morgan fingerprint density at radius 3 is 2.59 bits per heavy atom. The Kier molecular flexibility index (Phi) is 2.50. The van der Waals surface area contributed by atoms with Crippen molar-refractivity contribution in [3.63, 3.8) is 0 Å². The first-order valence-electron chi connectivity index (χ1n) is 7.16. The predicted molar refractivity (Wildman–Crippen MR) is 81.3 cm³/mol. The first-order chi connectivity index (χ1) is 10.6. The molecule has 2 heterocycles. The molecule has 3 aliphatic rings. The van der Waals surface area contributed by atoms with E-state index in [4.69, 9.17) is 10.5 Å². The molecule has 5 nitrogen and oxygen atoms in total. The minimum Gasteiger partial charge on any atom is -0.327 e. The second-order valence-electron chi connectivity index (χ2n) is 6.04. The topological polar surface area (TPSA) is 96.8 Å². The molecule has 0 amide bonds. The van der Waals surface area contributed by atoms with E-state index in [9.17, 15) is 10.5 Å². The number of nitrogens with two attached hydrogens (primary N) is 1. The molecule has 0 aromatic heterocycles. The maximum atomic E-state index is 9.99. The van der Waals surface area contributed by atoms with Crippen LogP contribution in [0, 0.1) is 40.4 Å². The zero-order valence-electron chi connectivity index (χ0n) is 12.1. The summed E-state index contributed by atoms with van der Waals surface area (Å²) in [6.07, 6.45) is 0. The minimum absolute atomic E-state index is 0.262. The molecule has 22 heavy (non-hydrogen) atoms. The maximum Gasteiger partial charge on any atom is 0.277 e. The van der Waals surface area contributed by atoms with Crippen LogP contribution in [0.5, 0.6) is 0 Å². The molecule has 2 fully saturated rings. The summed E-state index contributed by atoms with van der Waals surface area (Å²) in [5.41, 5.74) is 6.29. The zero-order chi connectivity index (χ0) is 15.6. The fourth-order valence-corrected chi connectivity index (χ4v) is 5.43. The lowest BCUT2D eigenvalue weighted by Crippen LogP contribution is -2.88. The van der Waals surface area contributed by atoms with Crippen molar-refractivity contribution in [3.8, 4) is 12.1 Å². The zero-order valence-corrected chi connectivity index (χ0v) is 12.9. The second-order valence-corrected chi connectivity index (χ2v) is 7.31. The van der Waals surface area contributed by atoms with E-state index in [1.54, 1.807) is 0 Å². The number of benzene rings is 1. The average molecular weight is 311 g/mol. The number of hydrogen-bond acceptors (Lipinski definition) is 5. The van der Waals surface area contributed by atoms with Crippen LogP contribution < -0.4 is 10.7 Å². The number of amidine groups is 1. The van der Waals surface area contributed by atoms with Gasteiger partial charge in [0.05, 0.1) is 18.7 Å². The monoisotopic (exact) mass is 311 g/mol. The van der Waals surface area contributed by atoms with Crippen LogP contribution in [0.25, 0.3) is 0 Å². The lowest BCUT2D eigenvalue weighted by molar-refractivity contribution is -0.583. The molecule has 0 bridgehead atoms. The summed E-state index contributed by atoms with van der Waals surface area (Å²) < 4.78 is 5.90. The van der Waals surface area contributed by atoms with E-state index in [1.165, 1.54) is 11.8 Å². The first-order valence-corrected chi connectivity index (χ1v) is 8.14. The molecule has 2 aliphatic heterocycles. The molecule has 1 aromatic carbocycles. The standard InChI is InChI=1S/C16H14N4OS/c1-10-2-4-11(5-3-10)12-14(8-17)13(19)20-16(15(12,14)9-18)21-6-7-22-16/h2-5,12H,6-7H2,1H3,(H2,19,20)/p+1/t12-,14+,15+,16+/m0/s1. The molecule has 110 valence electrons. The highest BCUT2D eigenvalue weighted by molar-refractivity contribution is 8.00. The van der Waals surface area contributed by atoms with E-state index in [-0.39, 0.29) is 5.92 Å². The third-order valence-corrected chi connectivity index (χ3v) is 6.42. The number of ether oxygens (including phenoxy) is 1. The number of aryl methyl sites for hydroxylation is 1. The lowest BCUT2D eigenvalue weighted by atomic mass is 9.95. The van der Waals surface area contributed by atoms with Crippen molar-refractivity contribution in [1.29, 1.82) is 10.5 Å². The number of nitrogens with zero attached hydrogens (tertiary/aromatic N) is 2. The summed E-state index contributed by atoms with van der Waals surface area (Å²) in [6, 6.07) is 12.7. The quantitative estimate of drug-likeness (QED) is 0.760. The van der Waals surface area contributed by atoms with Gasteiger partial charge in [-0.15, -0.1) is 0 Å². The van der Waals surface area contributed by atoms with E-state index in [0.717, 1.165) is 16.9 Å². The molecule has 1 aromatic rings. The van der Waals surface area contributed by atoms with Crippen LogP contribution in [0.2, 0.25) is 0 Å². The normalized spacial score (nSPS) is 41.6. The van der Waals surface area contributed by atoms with E-state index in [0.29, 0.717) is 12.4 Å². The van der Waals surface area contributed by atoms with Crippen LogP contribution in [-0.4, -0.2) is 23.3 Å². The Balaban J connectivity index is 1.92. The minimum atomic E-state index is -1.02. The van der Waals surface area contributed by atoms with Crippen molar-refractivity contribution >= 4 is 17.6 Å². The van der Waals surface area contributed by atoms with Crippen molar-refractivity contribution in [3.05, 3.63) is 35.4 Å². The van der Waals surface area contributed by atoms with Crippen LogP contribution in [0.1, 0.15) is 17.0 Å². The van der Waals surface area contributed by atoms with Gasteiger partial charge in [-0.1, -0.05) is 41.6 Å². The van der Waals surface area contributed by atoms with Crippen LogP contribution in [-0.2, 0) is 4.74 Å². The second kappa shape index (κ2) is 4.04. The molecule has 4 atom stereocenters. The molecule has 1 aliphatic carbocycles. The molecule has 1 spiro atoms. The van der Waals surface area contributed by atoms with Gasteiger partial charge in [0, 0.05) is 11.7 Å². The number of nitrogens with one attached hydrogen (secondary N) is 1. The van der Waals surface area contributed by atoms with Gasteiger partial charge in [-0.05, 0) is 12.5 Å². The van der Waals surface area contributed by atoms with E-state index >= 15 is 0 Å². The SMILES string of the molecule is Cc1ccc([C@@H]2[C@@]3(C#N)[C@@]4([NH+]=C(N)[C@@]23C#N)OCCS4)cc1. The number of rotatable bonds is 1. The predicted octanol–water partition coefficient (Wildman–Crippen LogP) is -0.0192. The third-order valence-electron chi connectivity index (χ3n) is 5.11. The highest BCUT2D eigenvalue weighted by atomic mass is 32.2. The number of hydrogen-bond donors (Lipinski definition) is 2. The van der Waals surface area contributed by atoms with Gasteiger partial charge in [0.2, 0.25) is 0 Å². The van der Waals surface area contributed by atoms with Gasteiger partial charge in [0.1, 0.15) is 0 Å². The largest absolute Gasteiger partial charge is 0.327 e. The fraction of sp³-hybridized carbons (Fsp3) is 0.438. The van der Waals surface area contributed by atoms with Crippen molar-refractivity contribution in [2.75, 3.05) is 12.4 Å². The maximum absolute atomic E-state index is 9.99. The van der Waals surface area contributed by atoms with Gasteiger partial charge in [0.25, 0.3) is 10.9 Å². The molecule has 1 saturated carbocycles. The number of nitriles is 2. The Bertz CT molecular complexity index is 769. The van der Waals surface area contributed by atoms with Crippen LogP contribution in [0.4, 0.5) is 0 Å². The molecule has 0 radical (unpaired) electrons. The summed E-state index contributed by atoms with van der Waals surface area (Å²) in [5, 5.41) is 18.9. The van der Waals surface area contributed by atoms with Gasteiger partial charge in [0.15, 0.2) is 10.8 Å². The van der Waals surface area contributed by atoms with E-state index < -0.39 is 15.9 Å². The van der Waals surface area contributed by atoms with Gasteiger partial charge in [-0.3, -0.25) is 5.73 Å². The molecule has 0 unspecified atom stereocenters. The highest BCUT2D eigenvalue weighted by Gasteiger charge is 2.96. The summed E-state index contributed by atoms with van der Waals surface area (Å²) >= 11 is 1.54. The summed E-state index contributed by atoms with van der Waals surface area (Å²) in [4.78, 5) is 3.11. The van der Waals surface area contributed by atoms with E-state index in [1.807, 2.05) is 31.2 Å². The number of thioether (sulfide) groups is 1. The molecule has 6 heteroatoms. The Morgan fingerprint density at radius 2 is 2.05 bits per heavy atom. The third kappa shape index (κ3) is 1.19. The smallest absolute Gasteiger partial charge is 0.277 e. The highest BCUT2D eigenvalue weighted by Crippen LogP contribution is 2.80. The Labute approximate surface area is 132 Å². The van der Waals surface area contributed by atoms with Gasteiger partial charge in [-0.25, -0.2) is 4.99 Å². The number of fused-ring (bicyclic) bond motifs is 2. The molecule has 3 N–H and O–H groups in total. The Hall–Kier alpha value is -2.02. The summed E-state index contributed by atoms with van der Waals surface area (Å²) in [6.45, 7) is 2.56. The fourth-order valence-electron chi connectivity index (χ4n) is 4.08. The van der Waals surface area contributed by atoms with Crippen molar-refractivity contribution < 1.29 is 9.73 Å². The van der Waals surface area contributed by atoms with Crippen LogP contribution in [0.15, 0.2) is 24.3 Å². The molecular weight excluding hydrogens is 296 g/mol. The van der Waals surface area contributed by atoms with Crippen LogP contribution >= 0.6 is 11.8 Å². The lowest BCUT2D eigenvalue weighted by Gasteiger charge is -2.23. The van der Waals surface area contributed by atoms with Crippen molar-refractivity contribution in [1.82, 2.24) is 0 Å². The first kappa shape index (κ1) is 13.6. The summed E-state index contributed by atoms with van der Waals surface area (Å²) in [7, 11) is 0. The Morgan fingerprint density at radius 1 is 1.32 bits per heavy atom. The van der Waals surface area contributed by atoms with Crippen molar-refractivity contribution in [2.24, 2.45) is 16.6 Å². The van der Waals surface area contributed by atoms with Gasteiger partial charge >= 0.3 is 0 Å². The summed E-state index contributed by atoms with van der Waals surface area (Å²) in [5.74, 6) is 0.880. The van der Waals surface area contributed by atoms with E-state index in [2.05, 4.69) is 17.1 Å². The molecule has 4 rings (SSSR count). The van der Waals surface area contributed by atoms with Gasteiger partial charge < -0.3 is 4.74 Å². The van der Waals surface area contributed by atoms with Gasteiger partial charge in [-0.2, -0.15) is 10.5 Å². The molecular formula is C16H15N4OS+.